The fraction of sp³-hybridized carbons (Fsp3) is 0.227. The summed E-state index contributed by atoms with van der Waals surface area (Å²) in [5.74, 6) is -0.666. The highest BCUT2D eigenvalue weighted by atomic mass is 32.2. The summed E-state index contributed by atoms with van der Waals surface area (Å²) in [4.78, 5) is 28.5. The number of aromatic nitrogens is 1. The van der Waals surface area contributed by atoms with Crippen LogP contribution < -0.4 is 5.32 Å². The zero-order chi connectivity index (χ0) is 19.9. The summed E-state index contributed by atoms with van der Waals surface area (Å²) >= 11 is 1.30. The van der Waals surface area contributed by atoms with Gasteiger partial charge in [0.05, 0.1) is 22.3 Å². The van der Waals surface area contributed by atoms with Crippen molar-refractivity contribution in [1.82, 2.24) is 10.3 Å². The minimum atomic E-state index is -0.444. The van der Waals surface area contributed by atoms with E-state index in [1.807, 2.05) is 74.5 Å². The first-order valence-electron chi connectivity index (χ1n) is 9.02. The maximum Gasteiger partial charge on any atom is 0.316 e. The molecule has 0 spiro atoms. The smallest absolute Gasteiger partial charge is 0.316 e. The fourth-order valence-corrected chi connectivity index (χ4v) is 3.59. The SMILES string of the molecule is Cc1cc(SCC(=O)OCC(=O)N[C@@H](C)c2ccccc2)nc2ccccc12. The number of rotatable bonds is 7. The van der Waals surface area contributed by atoms with Gasteiger partial charge in [-0.25, -0.2) is 4.98 Å². The van der Waals surface area contributed by atoms with Crippen LogP contribution in [0.15, 0.2) is 65.7 Å². The second kappa shape index (κ2) is 9.37. The largest absolute Gasteiger partial charge is 0.455 e. The molecule has 0 saturated heterocycles. The number of amides is 1. The number of esters is 1. The lowest BCUT2D eigenvalue weighted by atomic mass is 10.1. The van der Waals surface area contributed by atoms with Crippen molar-refractivity contribution in [3.05, 3.63) is 71.8 Å². The Balaban J connectivity index is 1.46. The number of pyridine rings is 1. The van der Waals surface area contributed by atoms with Gasteiger partial charge in [0.25, 0.3) is 5.91 Å². The van der Waals surface area contributed by atoms with Gasteiger partial charge in [-0.3, -0.25) is 9.59 Å². The van der Waals surface area contributed by atoms with E-state index in [2.05, 4.69) is 10.3 Å². The Morgan fingerprint density at radius 2 is 1.82 bits per heavy atom. The van der Waals surface area contributed by atoms with Gasteiger partial charge in [-0.2, -0.15) is 0 Å². The number of aryl methyl sites for hydroxylation is 1. The van der Waals surface area contributed by atoms with Crippen LogP contribution in [0.25, 0.3) is 10.9 Å². The summed E-state index contributed by atoms with van der Waals surface area (Å²) in [6.45, 7) is 3.62. The second-order valence-electron chi connectivity index (χ2n) is 6.44. The average Bonchev–Trinajstić information content (AvgIpc) is 2.71. The number of ether oxygens (including phenoxy) is 1. The number of thioether (sulfide) groups is 1. The van der Waals surface area contributed by atoms with Crippen molar-refractivity contribution in [3.63, 3.8) is 0 Å². The normalized spacial score (nSPS) is 11.8. The number of carbonyl (C=O) groups is 2. The van der Waals surface area contributed by atoms with Crippen LogP contribution in [0.5, 0.6) is 0 Å². The number of hydrogen-bond donors (Lipinski definition) is 1. The number of fused-ring (bicyclic) bond motifs is 1. The summed E-state index contributed by atoms with van der Waals surface area (Å²) < 4.78 is 5.08. The van der Waals surface area contributed by atoms with Gasteiger partial charge in [-0.05, 0) is 37.1 Å². The standard InChI is InChI=1S/C22H22N2O3S/c1-15-12-21(24-19-11-7-6-10-18(15)19)28-14-22(26)27-13-20(25)23-16(2)17-8-4-3-5-9-17/h3-12,16H,13-14H2,1-2H3,(H,23,25)/t16-/m0/s1. The minimum absolute atomic E-state index is 0.103. The van der Waals surface area contributed by atoms with Gasteiger partial charge in [-0.1, -0.05) is 60.3 Å². The molecule has 0 saturated carbocycles. The van der Waals surface area contributed by atoms with Crippen molar-refractivity contribution >= 4 is 34.5 Å². The van der Waals surface area contributed by atoms with Crippen LogP contribution in [-0.2, 0) is 14.3 Å². The van der Waals surface area contributed by atoms with E-state index in [1.54, 1.807) is 0 Å². The van der Waals surface area contributed by atoms with Gasteiger partial charge in [0.15, 0.2) is 6.61 Å². The maximum atomic E-state index is 12.0. The summed E-state index contributed by atoms with van der Waals surface area (Å²) in [5.41, 5.74) is 3.00. The molecule has 1 aromatic heterocycles. The van der Waals surface area contributed by atoms with Gasteiger partial charge in [0.2, 0.25) is 0 Å². The fourth-order valence-electron chi connectivity index (χ4n) is 2.82. The lowest BCUT2D eigenvalue weighted by Gasteiger charge is -2.14. The number of carbonyl (C=O) groups excluding carboxylic acids is 2. The van der Waals surface area contributed by atoms with E-state index in [1.165, 1.54) is 11.8 Å². The summed E-state index contributed by atoms with van der Waals surface area (Å²) in [6, 6.07) is 19.3. The summed E-state index contributed by atoms with van der Waals surface area (Å²) in [7, 11) is 0. The number of para-hydroxylation sites is 1. The third-order valence-electron chi connectivity index (χ3n) is 4.28. The van der Waals surface area contributed by atoms with Gasteiger partial charge >= 0.3 is 5.97 Å². The highest BCUT2D eigenvalue weighted by Crippen LogP contribution is 2.23. The maximum absolute atomic E-state index is 12.0. The third-order valence-corrected chi connectivity index (χ3v) is 5.16. The van der Waals surface area contributed by atoms with Crippen molar-refractivity contribution < 1.29 is 14.3 Å². The van der Waals surface area contributed by atoms with Crippen LogP contribution in [0, 0.1) is 6.92 Å². The molecule has 0 aliphatic carbocycles. The lowest BCUT2D eigenvalue weighted by molar-refractivity contribution is -0.146. The molecule has 0 aliphatic rings. The molecule has 1 N–H and O–H groups in total. The van der Waals surface area contributed by atoms with E-state index in [4.69, 9.17) is 4.74 Å². The molecule has 3 rings (SSSR count). The molecule has 6 heteroatoms. The first kappa shape index (κ1) is 19.9. The van der Waals surface area contributed by atoms with Gasteiger partial charge in [0.1, 0.15) is 0 Å². The summed E-state index contributed by atoms with van der Waals surface area (Å²) in [6.07, 6.45) is 0. The van der Waals surface area contributed by atoms with Crippen molar-refractivity contribution in [2.45, 2.75) is 24.9 Å². The van der Waals surface area contributed by atoms with Crippen molar-refractivity contribution in [1.29, 1.82) is 0 Å². The van der Waals surface area contributed by atoms with Crippen LogP contribution in [0.3, 0.4) is 0 Å². The van der Waals surface area contributed by atoms with Crippen molar-refractivity contribution in [2.75, 3.05) is 12.4 Å². The van der Waals surface area contributed by atoms with Gasteiger partial charge < -0.3 is 10.1 Å². The average molecular weight is 394 g/mol. The van der Waals surface area contributed by atoms with Crippen LogP contribution in [0.2, 0.25) is 0 Å². The Labute approximate surface area is 168 Å². The van der Waals surface area contributed by atoms with E-state index in [-0.39, 0.29) is 24.3 Å². The molecule has 2 aromatic carbocycles. The lowest BCUT2D eigenvalue weighted by Crippen LogP contribution is -2.31. The molecule has 28 heavy (non-hydrogen) atoms. The zero-order valence-corrected chi connectivity index (χ0v) is 16.7. The number of nitrogens with zero attached hydrogens (tertiary/aromatic N) is 1. The topological polar surface area (TPSA) is 68.3 Å². The minimum Gasteiger partial charge on any atom is -0.455 e. The van der Waals surface area contributed by atoms with Crippen molar-refractivity contribution in [3.8, 4) is 0 Å². The molecule has 1 amide bonds. The van der Waals surface area contributed by atoms with Crippen LogP contribution in [-0.4, -0.2) is 29.2 Å². The van der Waals surface area contributed by atoms with Gasteiger partial charge in [0, 0.05) is 5.39 Å². The van der Waals surface area contributed by atoms with Gasteiger partial charge in [-0.15, -0.1) is 0 Å². The number of hydrogen-bond acceptors (Lipinski definition) is 5. The van der Waals surface area contributed by atoms with E-state index in [0.29, 0.717) is 0 Å². The van der Waals surface area contributed by atoms with Crippen LogP contribution >= 0.6 is 11.8 Å². The van der Waals surface area contributed by atoms with E-state index in [0.717, 1.165) is 27.1 Å². The van der Waals surface area contributed by atoms with E-state index < -0.39 is 5.97 Å². The van der Waals surface area contributed by atoms with Crippen molar-refractivity contribution in [2.24, 2.45) is 0 Å². The Morgan fingerprint density at radius 3 is 2.61 bits per heavy atom. The number of benzene rings is 2. The van der Waals surface area contributed by atoms with Crippen LogP contribution in [0.1, 0.15) is 24.1 Å². The predicted molar refractivity (Wildman–Crippen MR) is 111 cm³/mol. The molecule has 3 aromatic rings. The zero-order valence-electron chi connectivity index (χ0n) is 15.8. The molecular formula is C22H22N2O3S. The molecule has 144 valence electrons. The first-order chi connectivity index (χ1) is 13.5. The Morgan fingerprint density at radius 1 is 1.11 bits per heavy atom. The molecule has 1 atom stereocenters. The molecule has 1 heterocycles. The molecule has 0 bridgehead atoms. The van der Waals surface area contributed by atoms with E-state index >= 15 is 0 Å². The molecule has 5 nitrogen and oxygen atoms in total. The third kappa shape index (κ3) is 5.33. The Kier molecular flexibility index (Phi) is 6.66. The quantitative estimate of drug-likeness (QED) is 0.484. The molecule has 0 aliphatic heterocycles. The second-order valence-corrected chi connectivity index (χ2v) is 7.44. The predicted octanol–water partition coefficient (Wildman–Crippen LogP) is 4.06. The van der Waals surface area contributed by atoms with Crippen LogP contribution in [0.4, 0.5) is 0 Å². The molecule has 0 radical (unpaired) electrons. The number of nitrogens with one attached hydrogen (secondary N) is 1. The highest BCUT2D eigenvalue weighted by Gasteiger charge is 2.12. The Hall–Kier alpha value is -2.86. The van der Waals surface area contributed by atoms with E-state index in [9.17, 15) is 9.59 Å². The summed E-state index contributed by atoms with van der Waals surface area (Å²) in [5, 5.41) is 4.67. The monoisotopic (exact) mass is 394 g/mol. The Bertz CT molecular complexity index is 976. The molecule has 0 fully saturated rings. The first-order valence-corrected chi connectivity index (χ1v) is 10.0. The highest BCUT2D eigenvalue weighted by molar-refractivity contribution is 7.99. The molecule has 0 unspecified atom stereocenters. The molecular weight excluding hydrogens is 372 g/mol.